The average Bonchev–Trinajstić information content (AvgIpc) is 3.88. The van der Waals surface area contributed by atoms with Gasteiger partial charge in [-0.3, -0.25) is 0 Å². The van der Waals surface area contributed by atoms with Crippen molar-refractivity contribution in [2.75, 3.05) is 0 Å². The van der Waals surface area contributed by atoms with Crippen molar-refractivity contribution in [1.82, 2.24) is 9.13 Å². The lowest BCUT2D eigenvalue weighted by atomic mass is 9.89. The first-order valence-corrected chi connectivity index (χ1v) is 23.9. The number of para-hydroxylation sites is 3. The molecule has 1 aliphatic heterocycles. The van der Waals surface area contributed by atoms with Gasteiger partial charge >= 0.3 is 0 Å². The molecule has 2 nitrogen and oxygen atoms in total. The molecular weight excluding hydrogens is 777 g/mol. The molecule has 3 heteroatoms. The minimum Gasteiger partial charge on any atom is -0.309 e. The van der Waals surface area contributed by atoms with Crippen molar-refractivity contribution >= 4 is 72.4 Å². The van der Waals surface area contributed by atoms with E-state index < -0.39 is 8.07 Å². The Morgan fingerprint density at radius 2 is 0.603 bits per heavy atom. The van der Waals surface area contributed by atoms with Crippen molar-refractivity contribution in [1.29, 1.82) is 0 Å². The minimum atomic E-state index is -3.04. The summed E-state index contributed by atoms with van der Waals surface area (Å²) < 4.78 is 4.92. The van der Waals surface area contributed by atoms with Crippen LogP contribution in [0.5, 0.6) is 0 Å². The van der Waals surface area contributed by atoms with E-state index in [0.29, 0.717) is 0 Å². The van der Waals surface area contributed by atoms with E-state index in [1.807, 2.05) is 0 Å². The molecule has 0 aliphatic carbocycles. The van der Waals surface area contributed by atoms with Gasteiger partial charge in [-0.15, -0.1) is 0 Å². The fraction of sp³-hybridized carbons (Fsp3) is 0. The molecule has 0 unspecified atom stereocenters. The number of rotatable bonds is 4. The molecular formula is C60H40N2Si. The molecule has 0 amide bonds. The first-order valence-electron chi connectivity index (χ1n) is 21.9. The zero-order valence-corrected chi connectivity index (χ0v) is 35.5. The number of aromatic nitrogens is 2. The van der Waals surface area contributed by atoms with Crippen LogP contribution in [0, 0.1) is 0 Å². The van der Waals surface area contributed by atoms with Crippen LogP contribution in [0.25, 0.3) is 88.4 Å². The number of hydrogen-bond donors (Lipinski definition) is 0. The molecule has 10 aromatic carbocycles. The van der Waals surface area contributed by atoms with E-state index in [0.717, 1.165) is 11.4 Å². The third-order valence-electron chi connectivity index (χ3n) is 13.6. The van der Waals surface area contributed by atoms with Crippen LogP contribution < -0.4 is 20.7 Å². The number of nitrogens with zero attached hydrogens (tertiary/aromatic N) is 2. The summed E-state index contributed by atoms with van der Waals surface area (Å²) in [6, 6.07) is 91.0. The largest absolute Gasteiger partial charge is 0.309 e. The highest BCUT2D eigenvalue weighted by atomic mass is 28.3. The highest BCUT2D eigenvalue weighted by Crippen LogP contribution is 2.42. The molecule has 63 heavy (non-hydrogen) atoms. The second-order valence-electron chi connectivity index (χ2n) is 16.8. The van der Waals surface area contributed by atoms with Crippen molar-refractivity contribution in [3.05, 3.63) is 243 Å². The topological polar surface area (TPSA) is 9.86 Å². The summed E-state index contributed by atoms with van der Waals surface area (Å²) in [5.74, 6) is 0. The molecule has 0 N–H and O–H groups in total. The summed E-state index contributed by atoms with van der Waals surface area (Å²) in [5.41, 5.74) is 14.7. The Hall–Kier alpha value is -7.98. The molecule has 2 aromatic heterocycles. The highest BCUT2D eigenvalue weighted by molar-refractivity contribution is 7.21. The Morgan fingerprint density at radius 3 is 1.16 bits per heavy atom. The lowest BCUT2D eigenvalue weighted by Crippen LogP contribution is -2.75. The summed E-state index contributed by atoms with van der Waals surface area (Å²) in [7, 11) is -3.04. The zero-order valence-electron chi connectivity index (χ0n) is 34.5. The lowest BCUT2D eigenvalue weighted by molar-refractivity contribution is 1.17. The Kier molecular flexibility index (Phi) is 7.96. The molecule has 13 rings (SSSR count). The van der Waals surface area contributed by atoms with Gasteiger partial charge in [0.15, 0.2) is 8.07 Å². The van der Waals surface area contributed by atoms with E-state index in [-0.39, 0.29) is 0 Å². The fourth-order valence-electron chi connectivity index (χ4n) is 11.1. The molecule has 3 heterocycles. The van der Waals surface area contributed by atoms with Crippen molar-refractivity contribution in [2.24, 2.45) is 0 Å². The third kappa shape index (κ3) is 5.18. The highest BCUT2D eigenvalue weighted by Gasteiger charge is 2.45. The number of benzene rings is 10. The molecule has 0 spiro atoms. The van der Waals surface area contributed by atoms with Crippen LogP contribution in [0.2, 0.25) is 0 Å². The summed E-state index contributed by atoms with van der Waals surface area (Å²) in [5, 5.41) is 10.5. The standard InChI is InChI=1S/C60H40N2Si/c1-3-19-43(20-4-1)63(44-21-5-2-6-22-44)59-34-18-14-30-52(59)47-25-9-7-23-45(47)46-24-8-10-26-48(46)54-40-42(36-38-60(54)63)62-57-33-17-13-29-51(57)53-39-41(35-37-58(53)62)61-55-31-15-11-27-49(55)50-28-12-16-32-56(50)61/h1-40H. The van der Waals surface area contributed by atoms with Crippen molar-refractivity contribution < 1.29 is 0 Å². The molecule has 0 fully saturated rings. The van der Waals surface area contributed by atoms with Crippen LogP contribution in [-0.4, -0.2) is 17.2 Å². The molecule has 0 bridgehead atoms. The van der Waals surface area contributed by atoms with Gasteiger partial charge in [0.1, 0.15) is 0 Å². The molecule has 12 aromatic rings. The summed E-state index contributed by atoms with van der Waals surface area (Å²) >= 11 is 0. The number of fused-ring (bicyclic) bond motifs is 13. The van der Waals surface area contributed by atoms with Crippen molar-refractivity contribution in [3.8, 4) is 44.8 Å². The molecule has 294 valence electrons. The average molecular weight is 817 g/mol. The van der Waals surface area contributed by atoms with E-state index in [9.17, 15) is 0 Å². The van der Waals surface area contributed by atoms with Crippen LogP contribution >= 0.6 is 0 Å². The van der Waals surface area contributed by atoms with Gasteiger partial charge < -0.3 is 9.13 Å². The third-order valence-corrected chi connectivity index (χ3v) is 18.5. The summed E-state index contributed by atoms with van der Waals surface area (Å²) in [6.45, 7) is 0. The fourth-order valence-corrected chi connectivity index (χ4v) is 16.2. The van der Waals surface area contributed by atoms with E-state index in [2.05, 4.69) is 252 Å². The van der Waals surface area contributed by atoms with Crippen molar-refractivity contribution in [2.45, 2.75) is 0 Å². The zero-order chi connectivity index (χ0) is 41.5. The smallest absolute Gasteiger partial charge is 0.180 e. The summed E-state index contributed by atoms with van der Waals surface area (Å²) in [4.78, 5) is 0. The van der Waals surface area contributed by atoms with Gasteiger partial charge in [0, 0.05) is 32.9 Å². The maximum absolute atomic E-state index is 3.04. The molecule has 0 radical (unpaired) electrons. The van der Waals surface area contributed by atoms with E-state index in [4.69, 9.17) is 0 Å². The molecule has 1 aliphatic rings. The number of hydrogen-bond acceptors (Lipinski definition) is 0. The van der Waals surface area contributed by atoms with Gasteiger partial charge in [-0.1, -0.05) is 194 Å². The first kappa shape index (κ1) is 35.7. The van der Waals surface area contributed by atoms with E-state index in [1.165, 1.54) is 97.7 Å². The van der Waals surface area contributed by atoms with Gasteiger partial charge in [-0.2, -0.15) is 0 Å². The normalized spacial score (nSPS) is 12.9. The quantitative estimate of drug-likeness (QED) is 0.157. The predicted octanol–water partition coefficient (Wildman–Crippen LogP) is 12.6. The second-order valence-corrected chi connectivity index (χ2v) is 20.5. The Bertz CT molecular complexity index is 3650. The first-order chi connectivity index (χ1) is 31.3. The van der Waals surface area contributed by atoms with Gasteiger partial charge in [-0.25, -0.2) is 0 Å². The van der Waals surface area contributed by atoms with Crippen LogP contribution in [0.4, 0.5) is 0 Å². The van der Waals surface area contributed by atoms with Gasteiger partial charge in [-0.05, 0) is 103 Å². The predicted molar refractivity (Wildman–Crippen MR) is 269 cm³/mol. The van der Waals surface area contributed by atoms with E-state index >= 15 is 0 Å². The van der Waals surface area contributed by atoms with Crippen LogP contribution in [0.15, 0.2) is 243 Å². The SMILES string of the molecule is c1ccc([Si]2(c3ccccc3)c3ccccc3-c3ccccc3-c3ccccc3-c3cc(-n4c5ccccc5c5cc(-n6c7ccccc7c7ccccc76)ccc54)ccc32)cc1. The van der Waals surface area contributed by atoms with Crippen LogP contribution in [0.1, 0.15) is 0 Å². The van der Waals surface area contributed by atoms with Gasteiger partial charge in [0.25, 0.3) is 0 Å². The molecule has 0 atom stereocenters. The van der Waals surface area contributed by atoms with E-state index in [1.54, 1.807) is 0 Å². The van der Waals surface area contributed by atoms with Gasteiger partial charge in [0.2, 0.25) is 0 Å². The van der Waals surface area contributed by atoms with Crippen LogP contribution in [-0.2, 0) is 0 Å². The second kappa shape index (κ2) is 14.0. The molecule has 0 saturated carbocycles. The van der Waals surface area contributed by atoms with Gasteiger partial charge in [0.05, 0.1) is 22.1 Å². The monoisotopic (exact) mass is 816 g/mol. The van der Waals surface area contributed by atoms with Crippen LogP contribution in [0.3, 0.4) is 0 Å². The maximum Gasteiger partial charge on any atom is 0.180 e. The Morgan fingerprint density at radius 1 is 0.238 bits per heavy atom. The minimum absolute atomic E-state index is 1.14. The summed E-state index contributed by atoms with van der Waals surface area (Å²) in [6.07, 6.45) is 0. The Balaban J connectivity index is 1.14. The maximum atomic E-state index is 2.51. The van der Waals surface area contributed by atoms with Crippen molar-refractivity contribution in [3.63, 3.8) is 0 Å². The Labute approximate surface area is 367 Å². The lowest BCUT2D eigenvalue weighted by Gasteiger charge is -2.37. The molecule has 0 saturated heterocycles.